The molecule has 1 aliphatic heterocycles. The number of amides is 3. The van der Waals surface area contributed by atoms with Crippen LogP contribution in [0.25, 0.3) is 0 Å². The molecule has 1 fully saturated rings. The van der Waals surface area contributed by atoms with Gasteiger partial charge < -0.3 is 25.0 Å². The quantitative estimate of drug-likeness (QED) is 0.178. The summed E-state index contributed by atoms with van der Waals surface area (Å²) in [6, 6.07) is 10.7. The predicted octanol–water partition coefficient (Wildman–Crippen LogP) is 1.44. The van der Waals surface area contributed by atoms with Crippen molar-refractivity contribution in [2.24, 2.45) is 4.99 Å². The largest absolute Gasteiger partial charge is 0.444 e. The zero-order chi connectivity index (χ0) is 28.4. The average molecular weight is 543 g/mol. The molecule has 1 heterocycles. The molecule has 0 aliphatic carbocycles. The van der Waals surface area contributed by atoms with Crippen LogP contribution in [-0.2, 0) is 27.5 Å². The maximum atomic E-state index is 12.4. The van der Waals surface area contributed by atoms with Gasteiger partial charge in [-0.15, -0.1) is 4.99 Å². The Bertz CT molecular complexity index is 1250. The normalized spacial score (nSPS) is 13.0. The van der Waals surface area contributed by atoms with Gasteiger partial charge in [0.25, 0.3) is 11.4 Å². The van der Waals surface area contributed by atoms with Gasteiger partial charge >= 0.3 is 12.2 Å². The van der Waals surface area contributed by atoms with Crippen molar-refractivity contribution in [2.45, 2.75) is 19.3 Å². The lowest BCUT2D eigenvalue weighted by Crippen LogP contribution is -2.58. The van der Waals surface area contributed by atoms with Crippen LogP contribution >= 0.6 is 0 Å². The van der Waals surface area contributed by atoms with E-state index in [1.165, 1.54) is 60.5 Å². The molecule has 1 aliphatic rings. The number of nitro groups is 2. The fourth-order valence-electron chi connectivity index (χ4n) is 3.13. The molecule has 0 saturated carbocycles. The maximum absolute atomic E-state index is 12.4. The van der Waals surface area contributed by atoms with E-state index in [2.05, 4.69) is 20.9 Å². The number of nitrogens with one attached hydrogen (secondary N) is 3. The first-order valence-electron chi connectivity index (χ1n) is 11.5. The van der Waals surface area contributed by atoms with E-state index in [-0.39, 0.29) is 49.0 Å². The van der Waals surface area contributed by atoms with Gasteiger partial charge in [-0.2, -0.15) is 0 Å². The van der Waals surface area contributed by atoms with E-state index in [1.54, 1.807) is 0 Å². The second-order valence-electron chi connectivity index (χ2n) is 8.32. The summed E-state index contributed by atoms with van der Waals surface area (Å²) in [5, 5.41) is 29.6. The summed E-state index contributed by atoms with van der Waals surface area (Å²) in [5.41, 5.74) is 0.684. The fraction of sp³-hybridized carbons (Fsp3) is 0.304. The molecule has 0 unspecified atom stereocenters. The lowest BCUT2D eigenvalue weighted by molar-refractivity contribution is -0.385. The number of ether oxygens (including phenoxy) is 2. The number of hydrogen-bond donors (Lipinski definition) is 3. The number of carbonyl (C=O) groups excluding carboxylic acids is 3. The Kier molecular flexibility index (Phi) is 9.80. The summed E-state index contributed by atoms with van der Waals surface area (Å²) < 4.78 is 10.2. The molecule has 206 valence electrons. The van der Waals surface area contributed by atoms with Crippen LogP contribution in [0.1, 0.15) is 11.1 Å². The van der Waals surface area contributed by atoms with Crippen LogP contribution in [0.5, 0.6) is 0 Å². The van der Waals surface area contributed by atoms with Crippen molar-refractivity contribution >= 4 is 35.4 Å². The lowest BCUT2D eigenvalue weighted by Gasteiger charge is -2.29. The number of carbonyl (C=O) groups is 3. The second kappa shape index (κ2) is 13.4. The molecular weight excluding hydrogens is 518 g/mol. The highest BCUT2D eigenvalue weighted by Gasteiger charge is 2.22. The molecular formula is C23H25N7O9. The number of hydrogen-bond acceptors (Lipinski definition) is 10. The smallest absolute Gasteiger partial charge is 0.437 e. The van der Waals surface area contributed by atoms with Crippen LogP contribution < -0.4 is 16.0 Å². The first kappa shape index (κ1) is 28.5. The zero-order valence-corrected chi connectivity index (χ0v) is 20.7. The number of likely N-dealkylation sites (N-methyl/N-ethyl adjacent to an activating group) is 1. The third-order valence-electron chi connectivity index (χ3n) is 5.33. The third-order valence-corrected chi connectivity index (χ3v) is 5.33. The number of guanidine groups is 1. The minimum absolute atomic E-state index is 0.0300. The topological polar surface area (TPSA) is 208 Å². The molecule has 2 aromatic rings. The summed E-state index contributed by atoms with van der Waals surface area (Å²) in [5.74, 6) is -0.712. The monoisotopic (exact) mass is 543 g/mol. The minimum Gasteiger partial charge on any atom is -0.444 e. The third kappa shape index (κ3) is 9.04. The highest BCUT2D eigenvalue weighted by atomic mass is 16.6. The number of non-ortho nitro benzene ring substituents is 2. The van der Waals surface area contributed by atoms with Crippen LogP contribution in [0.2, 0.25) is 0 Å². The second-order valence-corrected chi connectivity index (χ2v) is 8.32. The molecule has 2 aromatic carbocycles. The number of rotatable bonds is 9. The first-order chi connectivity index (χ1) is 18.6. The van der Waals surface area contributed by atoms with Crippen molar-refractivity contribution in [2.75, 3.05) is 26.7 Å². The Morgan fingerprint density at radius 2 is 1.46 bits per heavy atom. The highest BCUT2D eigenvalue weighted by Crippen LogP contribution is 2.14. The van der Waals surface area contributed by atoms with Crippen molar-refractivity contribution in [3.8, 4) is 0 Å². The van der Waals surface area contributed by atoms with Gasteiger partial charge in [-0.25, -0.2) is 9.59 Å². The molecule has 0 atom stereocenters. The standard InChI is InChI=1S/C23H25N7O9/c1-28(12-20(31)25-17-10-24-11-17)21(26-22(32)38-13-15-2-6-18(7-3-15)29(34)35)27-23(33)39-14-16-4-8-19(9-5-16)30(36)37/h2-9,17,24H,10-14H2,1H3,(H,25,31)(H,26,27,32,33). The van der Waals surface area contributed by atoms with Crippen molar-refractivity contribution in [1.29, 1.82) is 0 Å². The van der Waals surface area contributed by atoms with Crippen molar-refractivity contribution < 1.29 is 33.7 Å². The number of aliphatic imine (C=N–C) groups is 1. The van der Waals surface area contributed by atoms with E-state index in [0.717, 1.165) is 0 Å². The molecule has 0 spiro atoms. The Labute approximate surface area is 221 Å². The number of nitrogens with zero attached hydrogens (tertiary/aromatic N) is 4. The summed E-state index contributed by atoms with van der Waals surface area (Å²) in [7, 11) is 1.41. The molecule has 16 heteroatoms. The van der Waals surface area contributed by atoms with E-state index in [9.17, 15) is 34.6 Å². The number of nitro benzene ring substituents is 2. The number of alkyl carbamates (subject to hydrolysis) is 1. The molecule has 3 rings (SSSR count). The van der Waals surface area contributed by atoms with Crippen LogP contribution in [-0.4, -0.2) is 71.5 Å². The van der Waals surface area contributed by atoms with Crippen LogP contribution in [0.15, 0.2) is 53.5 Å². The average Bonchev–Trinajstić information content (AvgIpc) is 2.88. The molecule has 3 amide bonds. The molecule has 16 nitrogen and oxygen atoms in total. The first-order valence-corrected chi connectivity index (χ1v) is 11.5. The molecule has 0 radical (unpaired) electrons. The van der Waals surface area contributed by atoms with E-state index in [1.807, 2.05) is 0 Å². The minimum atomic E-state index is -1.10. The van der Waals surface area contributed by atoms with Gasteiger partial charge in [-0.1, -0.05) is 0 Å². The van der Waals surface area contributed by atoms with Crippen LogP contribution in [0.3, 0.4) is 0 Å². The Balaban J connectivity index is 1.62. The molecule has 0 bridgehead atoms. The molecule has 1 saturated heterocycles. The van der Waals surface area contributed by atoms with Gasteiger partial charge in [0.05, 0.1) is 22.4 Å². The van der Waals surface area contributed by atoms with Gasteiger partial charge in [-0.05, 0) is 35.4 Å². The highest BCUT2D eigenvalue weighted by molar-refractivity contribution is 6.00. The van der Waals surface area contributed by atoms with Crippen molar-refractivity contribution in [3.05, 3.63) is 79.9 Å². The Morgan fingerprint density at radius 3 is 1.92 bits per heavy atom. The Morgan fingerprint density at radius 1 is 0.949 bits per heavy atom. The van der Waals surface area contributed by atoms with Gasteiger partial charge in [0, 0.05) is 44.4 Å². The predicted molar refractivity (Wildman–Crippen MR) is 135 cm³/mol. The summed E-state index contributed by atoms with van der Waals surface area (Å²) in [6.45, 7) is 0.502. The van der Waals surface area contributed by atoms with Crippen molar-refractivity contribution in [3.63, 3.8) is 0 Å². The van der Waals surface area contributed by atoms with Crippen LogP contribution in [0, 0.1) is 20.2 Å². The molecule has 0 aromatic heterocycles. The van der Waals surface area contributed by atoms with Crippen molar-refractivity contribution in [1.82, 2.24) is 20.9 Å². The Hall–Kier alpha value is -5.12. The lowest BCUT2D eigenvalue weighted by atomic mass is 10.2. The zero-order valence-electron chi connectivity index (χ0n) is 20.7. The van der Waals surface area contributed by atoms with E-state index >= 15 is 0 Å². The van der Waals surface area contributed by atoms with Gasteiger partial charge in [0.15, 0.2) is 0 Å². The van der Waals surface area contributed by atoms with Crippen LogP contribution in [0.4, 0.5) is 21.0 Å². The van der Waals surface area contributed by atoms with Gasteiger partial charge in [-0.3, -0.25) is 30.3 Å². The molecule has 39 heavy (non-hydrogen) atoms. The van der Waals surface area contributed by atoms with E-state index in [4.69, 9.17) is 9.47 Å². The van der Waals surface area contributed by atoms with E-state index in [0.29, 0.717) is 24.2 Å². The maximum Gasteiger partial charge on any atom is 0.437 e. The van der Waals surface area contributed by atoms with Gasteiger partial charge in [0.2, 0.25) is 11.9 Å². The fourth-order valence-corrected chi connectivity index (χ4v) is 3.13. The summed E-state index contributed by atoms with van der Waals surface area (Å²) >= 11 is 0. The summed E-state index contributed by atoms with van der Waals surface area (Å²) in [4.78, 5) is 62.4. The number of benzene rings is 2. The SMILES string of the molecule is CN(CC(=O)NC1CNC1)/C(=N\C(=O)OCc1ccc([N+](=O)[O-])cc1)NC(=O)OCc1ccc([N+](=O)[O-])cc1. The molecule has 3 N–H and O–H groups in total. The summed E-state index contributed by atoms with van der Waals surface area (Å²) in [6.07, 6.45) is -2.11. The van der Waals surface area contributed by atoms with E-state index < -0.39 is 22.0 Å². The van der Waals surface area contributed by atoms with Gasteiger partial charge in [0.1, 0.15) is 13.2 Å².